The number of para-hydroxylation sites is 1. The summed E-state index contributed by atoms with van der Waals surface area (Å²) < 4.78 is 1.52. The molecule has 0 fully saturated rings. The van der Waals surface area contributed by atoms with E-state index < -0.39 is 0 Å². The van der Waals surface area contributed by atoms with E-state index in [2.05, 4.69) is 26.3 Å². The van der Waals surface area contributed by atoms with Gasteiger partial charge in [-0.25, -0.2) is 4.98 Å². The van der Waals surface area contributed by atoms with Crippen LogP contribution >= 0.6 is 0 Å². The molecule has 0 amide bonds. The highest BCUT2D eigenvalue weighted by Gasteiger charge is 2.20. The minimum absolute atomic E-state index is 0.0208. The third-order valence-corrected chi connectivity index (χ3v) is 4.52. The molecule has 0 radical (unpaired) electrons. The van der Waals surface area contributed by atoms with Gasteiger partial charge in [0.15, 0.2) is 0 Å². The maximum absolute atomic E-state index is 10.5. The first-order chi connectivity index (χ1) is 13.6. The molecule has 142 valence electrons. The molecule has 0 spiro atoms. The summed E-state index contributed by atoms with van der Waals surface area (Å²) in [5.74, 6) is -0.0914. The second-order valence-electron chi connectivity index (χ2n) is 6.15. The van der Waals surface area contributed by atoms with Crippen molar-refractivity contribution in [2.24, 2.45) is 10.4 Å². The summed E-state index contributed by atoms with van der Waals surface area (Å²) in [5.41, 5.74) is 9.09. The summed E-state index contributed by atoms with van der Waals surface area (Å²) >= 11 is 0. The molecule has 0 saturated heterocycles. The zero-order chi connectivity index (χ0) is 19.7. The normalized spacial score (nSPS) is 13.0. The molecule has 0 unspecified atom stereocenters. The van der Waals surface area contributed by atoms with Crippen LogP contribution in [0.25, 0.3) is 22.6 Å². The predicted molar refractivity (Wildman–Crippen MR) is 102 cm³/mol. The van der Waals surface area contributed by atoms with Gasteiger partial charge in [0.2, 0.25) is 0 Å². The Morgan fingerprint density at radius 3 is 2.57 bits per heavy atom. The second kappa shape index (κ2) is 6.95. The standard InChI is InChI=1S/C19H18N6O3/c1-2-11-7-13(18(27)8-17(11)26)16-10-20-19(28)25(16)15-6-4-3-5-12(15)14-9-21-23-24-22-14/h3-10,26-27H,2H2,1H3,(H,20,28)(H,21,24)(H,22,23). The quantitative estimate of drug-likeness (QED) is 0.475. The van der Waals surface area contributed by atoms with Crippen molar-refractivity contribution in [3.05, 3.63) is 59.9 Å². The SMILES string of the molecule is CCc1cc(-c2cnc(O)n2-c2ccccc2C2=CNN=NN2)c(O)cc1O. The Hall–Kier alpha value is -4.01. The Balaban J connectivity index is 1.92. The van der Waals surface area contributed by atoms with Crippen LogP contribution < -0.4 is 10.9 Å². The van der Waals surface area contributed by atoms with Crippen molar-refractivity contribution in [1.82, 2.24) is 20.4 Å². The van der Waals surface area contributed by atoms with Gasteiger partial charge in [0.05, 0.1) is 23.3 Å². The number of aromatic hydroxyl groups is 3. The highest BCUT2D eigenvalue weighted by molar-refractivity contribution is 5.76. The van der Waals surface area contributed by atoms with Crippen molar-refractivity contribution in [3.63, 3.8) is 0 Å². The molecule has 1 aromatic heterocycles. The lowest BCUT2D eigenvalue weighted by atomic mass is 10.0. The monoisotopic (exact) mass is 378 g/mol. The van der Waals surface area contributed by atoms with E-state index in [1.54, 1.807) is 12.3 Å². The van der Waals surface area contributed by atoms with E-state index in [4.69, 9.17) is 0 Å². The number of aromatic nitrogens is 2. The smallest absolute Gasteiger partial charge is 0.299 e. The van der Waals surface area contributed by atoms with Crippen LogP contribution in [-0.4, -0.2) is 24.9 Å². The topological polar surface area (TPSA) is 127 Å². The van der Waals surface area contributed by atoms with E-state index in [1.807, 2.05) is 31.2 Å². The molecule has 2 aromatic carbocycles. The fourth-order valence-corrected chi connectivity index (χ4v) is 3.15. The molecule has 9 nitrogen and oxygen atoms in total. The Morgan fingerprint density at radius 1 is 1.00 bits per heavy atom. The number of hydrogen-bond donors (Lipinski definition) is 5. The molecule has 28 heavy (non-hydrogen) atoms. The van der Waals surface area contributed by atoms with E-state index in [1.165, 1.54) is 16.8 Å². The number of aryl methyl sites for hydroxylation is 1. The van der Waals surface area contributed by atoms with Crippen molar-refractivity contribution in [1.29, 1.82) is 0 Å². The minimum atomic E-state index is -0.237. The van der Waals surface area contributed by atoms with E-state index in [0.717, 1.165) is 5.56 Å². The lowest BCUT2D eigenvalue weighted by Crippen LogP contribution is -2.15. The molecule has 1 aliphatic heterocycles. The third kappa shape index (κ3) is 2.88. The Kier molecular flexibility index (Phi) is 4.32. The van der Waals surface area contributed by atoms with Gasteiger partial charge in [-0.2, -0.15) is 0 Å². The number of hydrogen-bond acceptors (Lipinski definition) is 8. The van der Waals surface area contributed by atoms with Gasteiger partial charge in [-0.15, -0.1) is 0 Å². The van der Waals surface area contributed by atoms with Gasteiger partial charge >= 0.3 is 0 Å². The maximum Gasteiger partial charge on any atom is 0.299 e. The van der Waals surface area contributed by atoms with Crippen molar-refractivity contribution in [3.8, 4) is 34.5 Å². The van der Waals surface area contributed by atoms with Crippen LogP contribution in [0.1, 0.15) is 18.1 Å². The van der Waals surface area contributed by atoms with Crippen molar-refractivity contribution in [2.75, 3.05) is 0 Å². The van der Waals surface area contributed by atoms with E-state index in [0.29, 0.717) is 34.6 Å². The van der Waals surface area contributed by atoms with Crippen LogP contribution in [-0.2, 0) is 6.42 Å². The molecule has 0 atom stereocenters. The van der Waals surface area contributed by atoms with Crippen LogP contribution in [0.3, 0.4) is 0 Å². The zero-order valence-electron chi connectivity index (χ0n) is 15.0. The van der Waals surface area contributed by atoms with E-state index in [-0.39, 0.29) is 17.5 Å². The number of benzene rings is 2. The number of nitrogens with zero attached hydrogens (tertiary/aromatic N) is 4. The molecule has 4 rings (SSSR count). The number of nitrogens with one attached hydrogen (secondary N) is 2. The van der Waals surface area contributed by atoms with Crippen molar-refractivity contribution in [2.45, 2.75) is 13.3 Å². The van der Waals surface area contributed by atoms with Crippen molar-refractivity contribution < 1.29 is 15.3 Å². The number of rotatable bonds is 4. The zero-order valence-corrected chi connectivity index (χ0v) is 15.0. The number of imidazole rings is 1. The minimum Gasteiger partial charge on any atom is -0.508 e. The Labute approximate surface area is 160 Å². The summed E-state index contributed by atoms with van der Waals surface area (Å²) in [7, 11) is 0. The Morgan fingerprint density at radius 2 is 1.82 bits per heavy atom. The van der Waals surface area contributed by atoms with Gasteiger partial charge in [-0.3, -0.25) is 15.4 Å². The first-order valence-corrected chi connectivity index (χ1v) is 8.63. The average Bonchev–Trinajstić information content (AvgIpc) is 3.10. The number of phenolic OH excluding ortho intramolecular Hbond substituents is 2. The van der Waals surface area contributed by atoms with Gasteiger partial charge in [-0.1, -0.05) is 35.6 Å². The second-order valence-corrected chi connectivity index (χ2v) is 6.15. The van der Waals surface area contributed by atoms with Crippen LogP contribution in [0.15, 0.2) is 59.2 Å². The van der Waals surface area contributed by atoms with Crippen LogP contribution in [0.4, 0.5) is 0 Å². The molecular weight excluding hydrogens is 360 g/mol. The fraction of sp³-hybridized carbons (Fsp3) is 0.105. The predicted octanol–water partition coefficient (Wildman–Crippen LogP) is 2.99. The fourth-order valence-electron chi connectivity index (χ4n) is 3.15. The molecular formula is C19H18N6O3. The summed E-state index contributed by atoms with van der Waals surface area (Å²) in [6.07, 6.45) is 3.70. The third-order valence-electron chi connectivity index (χ3n) is 4.52. The molecule has 3 aromatic rings. The van der Waals surface area contributed by atoms with Gasteiger partial charge < -0.3 is 15.3 Å². The van der Waals surface area contributed by atoms with Crippen LogP contribution in [0.2, 0.25) is 0 Å². The largest absolute Gasteiger partial charge is 0.508 e. The van der Waals surface area contributed by atoms with E-state index in [9.17, 15) is 15.3 Å². The summed E-state index contributed by atoms with van der Waals surface area (Å²) in [6, 6.07) is 10.1. The molecule has 0 aliphatic carbocycles. The first kappa shape index (κ1) is 17.4. The highest BCUT2D eigenvalue weighted by Crippen LogP contribution is 2.38. The molecule has 0 saturated carbocycles. The van der Waals surface area contributed by atoms with Gasteiger partial charge in [0.1, 0.15) is 11.5 Å². The average molecular weight is 378 g/mol. The van der Waals surface area contributed by atoms with Crippen molar-refractivity contribution >= 4 is 5.70 Å². The summed E-state index contributed by atoms with van der Waals surface area (Å²) in [5, 5.41) is 38.3. The highest BCUT2D eigenvalue weighted by atomic mass is 16.3. The maximum atomic E-state index is 10.5. The summed E-state index contributed by atoms with van der Waals surface area (Å²) in [4.78, 5) is 4.02. The first-order valence-electron chi connectivity index (χ1n) is 8.63. The van der Waals surface area contributed by atoms with E-state index >= 15 is 0 Å². The summed E-state index contributed by atoms with van der Waals surface area (Å²) in [6.45, 7) is 1.91. The van der Waals surface area contributed by atoms with Gasteiger partial charge in [0.25, 0.3) is 6.01 Å². The van der Waals surface area contributed by atoms with Crippen LogP contribution in [0.5, 0.6) is 17.5 Å². The molecule has 5 N–H and O–H groups in total. The van der Waals surface area contributed by atoms with Crippen LogP contribution in [0, 0.1) is 0 Å². The lowest BCUT2D eigenvalue weighted by molar-refractivity contribution is 0.423. The molecule has 0 bridgehead atoms. The van der Waals surface area contributed by atoms with Gasteiger partial charge in [-0.05, 0) is 24.1 Å². The molecule has 2 heterocycles. The lowest BCUT2D eigenvalue weighted by Gasteiger charge is -2.17. The Bertz CT molecular complexity index is 1100. The molecule has 9 heteroatoms. The molecule has 1 aliphatic rings. The number of phenols is 2. The van der Waals surface area contributed by atoms with Gasteiger partial charge in [0, 0.05) is 23.4 Å².